The zero-order valence-corrected chi connectivity index (χ0v) is 25.7. The summed E-state index contributed by atoms with van der Waals surface area (Å²) in [5.74, 6) is 1.63. The van der Waals surface area contributed by atoms with Gasteiger partial charge in [0.05, 0.1) is 29.5 Å². The van der Waals surface area contributed by atoms with E-state index in [-0.39, 0.29) is 23.5 Å². The van der Waals surface area contributed by atoms with Gasteiger partial charge in [-0.1, -0.05) is 19.9 Å². The summed E-state index contributed by atoms with van der Waals surface area (Å²) in [7, 11) is 0. The molecule has 2 N–H and O–H groups in total. The van der Waals surface area contributed by atoms with Crippen molar-refractivity contribution in [3.8, 4) is 0 Å². The van der Waals surface area contributed by atoms with E-state index in [4.69, 9.17) is 14.7 Å². The van der Waals surface area contributed by atoms with Crippen LogP contribution in [-0.2, 0) is 9.53 Å². The van der Waals surface area contributed by atoms with Crippen molar-refractivity contribution in [3.05, 3.63) is 35.7 Å². The number of nitrogens with one attached hydrogen (secondary N) is 2. The topological polar surface area (TPSA) is 81.1 Å². The summed E-state index contributed by atoms with van der Waals surface area (Å²) in [5, 5.41) is 6.61. The highest BCUT2D eigenvalue weighted by Crippen LogP contribution is 2.42. The Morgan fingerprint density at radius 3 is 2.56 bits per heavy atom. The molecule has 3 heterocycles. The summed E-state index contributed by atoms with van der Waals surface area (Å²) in [6.45, 7) is 10.3. The lowest BCUT2D eigenvalue weighted by atomic mass is 10.0. The van der Waals surface area contributed by atoms with Crippen LogP contribution in [0.3, 0.4) is 0 Å². The molecule has 5 rings (SSSR count). The summed E-state index contributed by atoms with van der Waals surface area (Å²) >= 11 is 4.04. The van der Waals surface area contributed by atoms with Crippen molar-refractivity contribution in [1.82, 2.24) is 14.3 Å². The molecule has 3 aromatic rings. The lowest BCUT2D eigenvalue weighted by Crippen LogP contribution is -2.17. The number of halogens is 1. The number of aryl methyl sites for hydroxylation is 1. The van der Waals surface area contributed by atoms with Crippen LogP contribution in [0.2, 0.25) is 0 Å². The van der Waals surface area contributed by atoms with Crippen molar-refractivity contribution in [2.45, 2.75) is 76.9 Å². The number of imidazole rings is 1. The van der Waals surface area contributed by atoms with Crippen molar-refractivity contribution >= 4 is 74.4 Å². The Kier molecular flexibility index (Phi) is 8.85. The van der Waals surface area contributed by atoms with Crippen molar-refractivity contribution in [3.63, 3.8) is 0 Å². The van der Waals surface area contributed by atoms with E-state index in [9.17, 15) is 4.79 Å². The van der Waals surface area contributed by atoms with E-state index < -0.39 is 0 Å². The molecular weight excluding hydrogens is 604 g/mol. The molecule has 7 nitrogen and oxygen atoms in total. The second-order valence-electron chi connectivity index (χ2n) is 9.56. The molecule has 194 valence electrons. The number of carbonyl (C=O) groups is 1. The van der Waals surface area contributed by atoms with Crippen LogP contribution in [-0.4, -0.2) is 32.1 Å². The van der Waals surface area contributed by atoms with Gasteiger partial charge in [0, 0.05) is 16.9 Å². The zero-order chi connectivity index (χ0) is 26.0. The minimum absolute atomic E-state index is 0.0474. The molecule has 1 amide bonds. The van der Waals surface area contributed by atoms with Crippen LogP contribution in [0.4, 0.5) is 17.2 Å². The lowest BCUT2D eigenvalue weighted by Gasteiger charge is -2.20. The van der Waals surface area contributed by atoms with Gasteiger partial charge in [-0.2, -0.15) is 0 Å². The van der Waals surface area contributed by atoms with Crippen LogP contribution in [0.1, 0.15) is 70.9 Å². The highest BCUT2D eigenvalue weighted by molar-refractivity contribution is 14.2. The number of anilines is 3. The van der Waals surface area contributed by atoms with E-state index in [2.05, 4.69) is 75.3 Å². The van der Waals surface area contributed by atoms with Gasteiger partial charge in [-0.3, -0.25) is 9.13 Å². The normalized spacial score (nSPS) is 18.9. The second-order valence-corrected chi connectivity index (χ2v) is 12.5. The molecule has 1 saturated heterocycles. The molecule has 2 atom stereocenters. The Morgan fingerprint density at radius 2 is 1.94 bits per heavy atom. The van der Waals surface area contributed by atoms with Crippen LogP contribution in [0.5, 0.6) is 0 Å². The Balaban J connectivity index is 0.00000148. The van der Waals surface area contributed by atoms with Crippen LogP contribution >= 0.6 is 40.2 Å². The van der Waals surface area contributed by atoms with Gasteiger partial charge in [0.25, 0.3) is 0 Å². The summed E-state index contributed by atoms with van der Waals surface area (Å²) < 4.78 is 8.35. The maximum Gasteiger partial charge on any atom is 0.228 e. The number of carbonyl (C=O) groups excluding carboxylic acids is 1. The number of amides is 1. The number of benzene rings is 1. The van der Waals surface area contributed by atoms with E-state index >= 15 is 0 Å². The van der Waals surface area contributed by atoms with Gasteiger partial charge in [0.2, 0.25) is 5.91 Å². The SMILES string of the molecule is CC.CSc1cc(C2CCC(C)(C)O2)ccc1Nc1cc(NC(=O)C2CC2)nc2c1nc(C)n2PI. The molecule has 2 aromatic heterocycles. The zero-order valence-electron chi connectivity index (χ0n) is 21.7. The largest absolute Gasteiger partial charge is 0.368 e. The molecule has 2 aliphatic rings. The van der Waals surface area contributed by atoms with E-state index in [1.165, 1.54) is 5.56 Å². The predicted molar refractivity (Wildman–Crippen MR) is 161 cm³/mol. The van der Waals surface area contributed by atoms with Gasteiger partial charge in [-0.05, 0) is 92.4 Å². The van der Waals surface area contributed by atoms with E-state index in [1.807, 2.05) is 26.8 Å². The van der Waals surface area contributed by atoms with Gasteiger partial charge in [-0.25, -0.2) is 9.97 Å². The summed E-state index contributed by atoms with van der Waals surface area (Å²) in [4.78, 5) is 23.1. The Morgan fingerprint density at radius 1 is 1.19 bits per heavy atom. The van der Waals surface area contributed by atoms with Crippen LogP contribution in [0.25, 0.3) is 11.2 Å². The number of fused-ring (bicyclic) bond motifs is 1. The maximum absolute atomic E-state index is 12.4. The number of nitrogens with zero attached hydrogens (tertiary/aromatic N) is 3. The van der Waals surface area contributed by atoms with E-state index in [0.717, 1.165) is 58.9 Å². The van der Waals surface area contributed by atoms with Crippen molar-refractivity contribution in [2.24, 2.45) is 5.92 Å². The summed E-state index contributed by atoms with van der Waals surface area (Å²) in [6, 6.07) is 8.40. The molecule has 2 fully saturated rings. The van der Waals surface area contributed by atoms with Crippen LogP contribution in [0, 0.1) is 12.8 Å². The highest BCUT2D eigenvalue weighted by Gasteiger charge is 2.33. The number of thioether (sulfide) groups is 1. The van der Waals surface area contributed by atoms with Crippen LogP contribution in [0.15, 0.2) is 29.2 Å². The van der Waals surface area contributed by atoms with Crippen molar-refractivity contribution < 1.29 is 9.53 Å². The minimum Gasteiger partial charge on any atom is -0.368 e. The summed E-state index contributed by atoms with van der Waals surface area (Å²) in [5.41, 5.74) is 4.58. The van der Waals surface area contributed by atoms with Crippen molar-refractivity contribution in [2.75, 3.05) is 16.9 Å². The first-order chi connectivity index (χ1) is 17.3. The third-order valence-corrected chi connectivity index (χ3v) is 9.33. The number of hydrogen-bond donors (Lipinski definition) is 2. The van der Waals surface area contributed by atoms with Gasteiger partial charge in [0.15, 0.2) is 5.65 Å². The smallest absolute Gasteiger partial charge is 0.228 e. The molecule has 10 heteroatoms. The fourth-order valence-electron chi connectivity index (χ4n) is 4.36. The molecule has 1 aliphatic heterocycles. The molecule has 36 heavy (non-hydrogen) atoms. The Hall–Kier alpha value is -1.42. The number of pyridine rings is 1. The molecule has 0 spiro atoms. The Bertz CT molecular complexity index is 1260. The molecule has 1 aliphatic carbocycles. The number of hydrogen-bond acceptors (Lipinski definition) is 6. The lowest BCUT2D eigenvalue weighted by molar-refractivity contribution is -0.117. The molecule has 0 bridgehead atoms. The standard InChI is InChI=1S/C24H29IN5O2PS.C2H6/c1-13-26-21-17(12-20(28-22(21)30(13)33-25)29-23(31)14-5-6-14)27-16-8-7-15(11-19(16)34-4)18-9-10-24(2,3)32-18;1-2/h7-8,11-12,14,18,33H,5-6,9-10H2,1-4H3,(H2,27,28,29,31);1-2H3. The van der Waals surface area contributed by atoms with Gasteiger partial charge in [-0.15, -0.1) is 11.8 Å². The number of ether oxygens (including phenoxy) is 1. The molecule has 0 radical (unpaired) electrons. The van der Waals surface area contributed by atoms with Crippen LogP contribution < -0.4 is 10.6 Å². The fourth-order valence-corrected chi connectivity index (χ4v) is 7.10. The fraction of sp³-hybridized carbons (Fsp3) is 0.500. The summed E-state index contributed by atoms with van der Waals surface area (Å²) in [6.07, 6.45) is 6.70. The highest BCUT2D eigenvalue weighted by atomic mass is 127. The molecule has 2 unspecified atom stereocenters. The molecule has 1 saturated carbocycles. The predicted octanol–water partition coefficient (Wildman–Crippen LogP) is 8.00. The van der Waals surface area contributed by atoms with Gasteiger partial charge < -0.3 is 15.4 Å². The molecular formula is C26H35IN5O2PS. The average molecular weight is 640 g/mol. The molecule has 1 aromatic carbocycles. The van der Waals surface area contributed by atoms with E-state index in [1.54, 1.807) is 11.8 Å². The number of aromatic nitrogens is 3. The first-order valence-electron chi connectivity index (χ1n) is 12.5. The maximum atomic E-state index is 12.4. The van der Waals surface area contributed by atoms with Crippen molar-refractivity contribution in [1.29, 1.82) is 0 Å². The third kappa shape index (κ3) is 6.00. The number of rotatable bonds is 7. The monoisotopic (exact) mass is 639 g/mol. The first kappa shape index (κ1) is 27.6. The second kappa shape index (κ2) is 11.5. The first-order valence-corrected chi connectivity index (χ1v) is 17.8. The average Bonchev–Trinajstić information content (AvgIpc) is 3.58. The Labute approximate surface area is 232 Å². The quantitative estimate of drug-likeness (QED) is 0.155. The minimum atomic E-state index is -0.0684. The van der Waals surface area contributed by atoms with Gasteiger partial charge >= 0.3 is 0 Å². The third-order valence-electron chi connectivity index (χ3n) is 6.40. The van der Waals surface area contributed by atoms with Gasteiger partial charge in [0.1, 0.15) is 17.2 Å². The van der Waals surface area contributed by atoms with E-state index in [0.29, 0.717) is 12.2 Å².